The Morgan fingerprint density at radius 3 is 1.67 bits per heavy atom. The molecule has 0 radical (unpaired) electrons. The molecule has 13 rings (SSSR count). The summed E-state index contributed by atoms with van der Waals surface area (Å²) in [6, 6.07) is 85.2. The first kappa shape index (κ1) is 38.7. The molecule has 3 heterocycles. The van der Waals surface area contributed by atoms with E-state index in [0.717, 1.165) is 23.1 Å². The third-order valence-corrected chi connectivity index (χ3v) is 19.8. The Balaban J connectivity index is 0.908. The second-order valence-electron chi connectivity index (χ2n) is 17.5. The van der Waals surface area contributed by atoms with Crippen molar-refractivity contribution in [2.45, 2.75) is 12.5 Å². The Morgan fingerprint density at radius 2 is 0.970 bits per heavy atom. The lowest BCUT2D eigenvalue weighted by atomic mass is 9.97. The van der Waals surface area contributed by atoms with Crippen molar-refractivity contribution in [3.8, 4) is 33.4 Å². The zero-order valence-electron chi connectivity index (χ0n) is 36.1. The van der Waals surface area contributed by atoms with Crippen molar-refractivity contribution in [2.75, 3.05) is 0 Å². The number of aromatic nitrogens is 1. The van der Waals surface area contributed by atoms with Crippen LogP contribution in [-0.4, -0.2) is 12.6 Å². The quantitative estimate of drug-likeness (QED) is 0.110. The number of nitrogens with zero attached hydrogens (tertiary/aromatic N) is 1. The lowest BCUT2D eigenvalue weighted by Crippen LogP contribution is -2.74. The fourth-order valence-electron chi connectivity index (χ4n) is 10.8. The fourth-order valence-corrected chi connectivity index (χ4v) is 16.8. The minimum absolute atomic E-state index is 0.101. The van der Waals surface area contributed by atoms with Crippen LogP contribution in [0.1, 0.15) is 12.5 Å². The number of hydrogen-bond acceptors (Lipinski definition) is 2. The molecule has 0 N–H and O–H groups in total. The molecule has 1 atom stereocenters. The second-order valence-corrected chi connectivity index (χ2v) is 22.4. The average Bonchev–Trinajstić information content (AvgIpc) is 4.06. The first-order chi connectivity index (χ1) is 32.7. The third-order valence-electron chi connectivity index (χ3n) is 13.9. The van der Waals surface area contributed by atoms with Gasteiger partial charge in [-0.1, -0.05) is 206 Å². The maximum atomic E-state index is 6.82. The lowest BCUT2D eigenvalue weighted by Gasteiger charge is -2.34. The first-order valence-electron chi connectivity index (χ1n) is 22.8. The SMILES string of the molecule is C1=c2sc3ccc(-c4cccc(-c5cccc([Si](c6ccccc6)(c6ccccc6)c6ccccc6)c5)c4)cc3c2=CC(n2c3ccccc3c3c4cc(-c5ccccc5)ccc4oc32)C1. The summed E-state index contributed by atoms with van der Waals surface area (Å²) in [6.45, 7) is 0. The van der Waals surface area contributed by atoms with Gasteiger partial charge in [0.25, 0.3) is 0 Å². The van der Waals surface area contributed by atoms with Gasteiger partial charge >= 0.3 is 0 Å². The highest BCUT2D eigenvalue weighted by Gasteiger charge is 2.41. The number of thiophene rings is 1. The Morgan fingerprint density at radius 1 is 0.439 bits per heavy atom. The maximum absolute atomic E-state index is 6.82. The number of rotatable bonds is 8. The van der Waals surface area contributed by atoms with Crippen LogP contribution in [0, 0.1) is 0 Å². The van der Waals surface area contributed by atoms with E-state index >= 15 is 0 Å². The van der Waals surface area contributed by atoms with Gasteiger partial charge in [-0.2, -0.15) is 0 Å². The van der Waals surface area contributed by atoms with Crippen LogP contribution in [0.25, 0.3) is 88.6 Å². The first-order valence-corrected chi connectivity index (χ1v) is 25.7. The highest BCUT2D eigenvalue weighted by Crippen LogP contribution is 2.42. The van der Waals surface area contributed by atoms with Crippen LogP contribution in [0.5, 0.6) is 0 Å². The Hall–Kier alpha value is -7.76. The standard InChI is InChI=1S/C62H43NOSSi/c1-5-17-42(18-6-1)46-31-34-58-56(40-46)61-53-29-13-14-30-57(53)63(62(61)64-58)48-33-36-60-55(41-48)54-39-47(32-35-59(54)65-60)44-20-15-19-43(37-44)45-21-16-28-52(38-45)66(49-22-7-2-8-23-49,50-24-9-3-10-25-50)51-26-11-4-12-27-51/h1-32,34-41,48H,33H2. The van der Waals surface area contributed by atoms with Crippen molar-refractivity contribution in [2.24, 2.45) is 0 Å². The van der Waals surface area contributed by atoms with Crippen LogP contribution < -0.4 is 30.5 Å². The van der Waals surface area contributed by atoms with Crippen molar-refractivity contribution >= 4 is 95.4 Å². The van der Waals surface area contributed by atoms with Crippen molar-refractivity contribution in [3.05, 3.63) is 240 Å². The van der Waals surface area contributed by atoms with Gasteiger partial charge in [-0.15, -0.1) is 11.3 Å². The van der Waals surface area contributed by atoms with Crippen LogP contribution in [0.15, 0.2) is 235 Å². The molecule has 0 fully saturated rings. The lowest BCUT2D eigenvalue weighted by molar-refractivity contribution is 0.588. The molecule has 4 heteroatoms. The summed E-state index contributed by atoms with van der Waals surface area (Å²) in [4.78, 5) is 0. The number of fused-ring (bicyclic) bond motifs is 8. The summed E-state index contributed by atoms with van der Waals surface area (Å²) in [6.07, 6.45) is 5.84. The molecule has 1 aliphatic rings. The third kappa shape index (κ3) is 6.21. The summed E-state index contributed by atoms with van der Waals surface area (Å²) >= 11 is 1.90. The molecular formula is C62H43NOSSi. The normalized spacial score (nSPS) is 13.8. The van der Waals surface area contributed by atoms with E-state index in [1.54, 1.807) is 0 Å². The highest BCUT2D eigenvalue weighted by atomic mass is 32.1. The number of benzene rings is 9. The molecule has 3 aromatic heterocycles. The maximum Gasteiger partial charge on any atom is 0.209 e. The summed E-state index contributed by atoms with van der Waals surface area (Å²) in [5.74, 6) is 0. The molecule has 12 aromatic rings. The molecular weight excluding hydrogens is 835 g/mol. The fraction of sp³-hybridized carbons (Fsp3) is 0.0323. The minimum atomic E-state index is -2.67. The summed E-state index contributed by atoms with van der Waals surface area (Å²) < 4.78 is 11.9. The van der Waals surface area contributed by atoms with Gasteiger partial charge in [-0.3, -0.25) is 0 Å². The Kier molecular flexibility index (Phi) is 9.22. The molecule has 1 unspecified atom stereocenters. The molecule has 0 saturated heterocycles. The van der Waals surface area contributed by atoms with E-state index in [-0.39, 0.29) is 6.04 Å². The molecule has 0 aliphatic heterocycles. The van der Waals surface area contributed by atoms with E-state index < -0.39 is 8.07 Å². The second kappa shape index (κ2) is 15.7. The zero-order chi connectivity index (χ0) is 43.6. The van der Waals surface area contributed by atoms with Gasteiger partial charge in [0.05, 0.1) is 16.9 Å². The minimum Gasteiger partial charge on any atom is -0.439 e. The van der Waals surface area contributed by atoms with E-state index in [2.05, 4.69) is 247 Å². The van der Waals surface area contributed by atoms with Gasteiger partial charge in [0, 0.05) is 25.4 Å². The predicted octanol–water partition coefficient (Wildman–Crippen LogP) is 12.3. The molecule has 312 valence electrons. The van der Waals surface area contributed by atoms with Gasteiger partial charge in [0.1, 0.15) is 5.58 Å². The molecule has 1 aliphatic carbocycles. The summed E-state index contributed by atoms with van der Waals surface area (Å²) in [7, 11) is -2.67. The number of furan rings is 1. The van der Waals surface area contributed by atoms with Gasteiger partial charge < -0.3 is 8.98 Å². The van der Waals surface area contributed by atoms with Crippen molar-refractivity contribution in [1.29, 1.82) is 0 Å². The van der Waals surface area contributed by atoms with Crippen LogP contribution >= 0.6 is 11.3 Å². The summed E-state index contributed by atoms with van der Waals surface area (Å²) in [5, 5.41) is 11.7. The van der Waals surface area contributed by atoms with Crippen LogP contribution in [-0.2, 0) is 0 Å². The predicted molar refractivity (Wildman–Crippen MR) is 283 cm³/mol. The van der Waals surface area contributed by atoms with Crippen LogP contribution in [0.3, 0.4) is 0 Å². The van der Waals surface area contributed by atoms with E-state index in [4.69, 9.17) is 4.42 Å². The highest BCUT2D eigenvalue weighted by molar-refractivity contribution is 7.20. The average molecular weight is 878 g/mol. The zero-order valence-corrected chi connectivity index (χ0v) is 38.0. The molecule has 0 bridgehead atoms. The summed E-state index contributed by atoms with van der Waals surface area (Å²) in [5.41, 5.74) is 10.3. The van der Waals surface area contributed by atoms with E-state index in [1.807, 2.05) is 11.3 Å². The van der Waals surface area contributed by atoms with Crippen molar-refractivity contribution in [1.82, 2.24) is 4.57 Å². The van der Waals surface area contributed by atoms with Crippen molar-refractivity contribution < 1.29 is 4.42 Å². The largest absolute Gasteiger partial charge is 0.439 e. The monoisotopic (exact) mass is 877 g/mol. The van der Waals surface area contributed by atoms with Crippen LogP contribution in [0.4, 0.5) is 0 Å². The van der Waals surface area contributed by atoms with Crippen LogP contribution in [0.2, 0.25) is 0 Å². The molecule has 0 amide bonds. The molecule has 66 heavy (non-hydrogen) atoms. The molecule has 0 saturated carbocycles. The van der Waals surface area contributed by atoms with E-state index in [9.17, 15) is 0 Å². The van der Waals surface area contributed by atoms with Gasteiger partial charge in [-0.05, 0) is 102 Å². The Bertz CT molecular complexity index is 3810. The molecule has 0 spiro atoms. The number of hydrogen-bond donors (Lipinski definition) is 0. The smallest absolute Gasteiger partial charge is 0.209 e. The topological polar surface area (TPSA) is 18.1 Å². The molecule has 9 aromatic carbocycles. The van der Waals surface area contributed by atoms with Gasteiger partial charge in [-0.25, -0.2) is 0 Å². The number of para-hydroxylation sites is 1. The van der Waals surface area contributed by atoms with Gasteiger partial charge in [0.15, 0.2) is 8.07 Å². The Labute approximate surface area is 388 Å². The van der Waals surface area contributed by atoms with Crippen molar-refractivity contribution in [3.63, 3.8) is 0 Å². The molecule has 2 nitrogen and oxygen atoms in total. The van der Waals surface area contributed by atoms with Gasteiger partial charge in [0.2, 0.25) is 5.71 Å². The van der Waals surface area contributed by atoms with E-state index in [1.165, 1.54) is 90.3 Å². The van der Waals surface area contributed by atoms with E-state index in [0.29, 0.717) is 0 Å².